The van der Waals surface area contributed by atoms with Gasteiger partial charge in [-0.1, -0.05) is 0 Å². The van der Waals surface area contributed by atoms with Gasteiger partial charge in [0.25, 0.3) is 0 Å². The van der Waals surface area contributed by atoms with Crippen molar-refractivity contribution in [1.29, 1.82) is 0 Å². The van der Waals surface area contributed by atoms with Gasteiger partial charge in [-0.05, 0) is 20.8 Å². The molecule has 71 valence electrons. The van der Waals surface area contributed by atoms with Crippen LogP contribution in [-0.4, -0.2) is 21.8 Å². The number of esters is 1. The van der Waals surface area contributed by atoms with Crippen molar-refractivity contribution in [3.63, 3.8) is 0 Å². The molecule has 5 nitrogen and oxygen atoms in total. The topological polar surface area (TPSA) is 74.9 Å². The minimum Gasteiger partial charge on any atom is -0.456 e. The molecule has 1 aromatic rings. The second-order valence-corrected chi connectivity index (χ2v) is 3.61. The second kappa shape index (κ2) is 3.08. The van der Waals surface area contributed by atoms with Crippen molar-refractivity contribution in [2.75, 3.05) is 0 Å². The highest BCUT2D eigenvalue weighted by Crippen LogP contribution is 2.17. The van der Waals surface area contributed by atoms with Crippen LogP contribution in [0.5, 0.6) is 5.88 Å². The lowest BCUT2D eigenvalue weighted by Crippen LogP contribution is -2.23. The number of nitrogens with zero attached hydrogens (tertiary/aromatic N) is 1. The summed E-state index contributed by atoms with van der Waals surface area (Å²) >= 11 is 0. The summed E-state index contributed by atoms with van der Waals surface area (Å²) in [6.45, 7) is 5.19. The Morgan fingerprint density at radius 3 is 2.54 bits per heavy atom. The molecule has 0 bridgehead atoms. The Balaban J connectivity index is 2.76. The van der Waals surface area contributed by atoms with Gasteiger partial charge in [0.15, 0.2) is 0 Å². The molecule has 0 atom stereocenters. The summed E-state index contributed by atoms with van der Waals surface area (Å²) in [6, 6.07) is 0. The van der Waals surface area contributed by atoms with E-state index in [2.05, 4.69) is 10.2 Å². The van der Waals surface area contributed by atoms with E-state index in [0.717, 1.165) is 0 Å². The first-order valence-electron chi connectivity index (χ1n) is 3.84. The molecule has 13 heavy (non-hydrogen) atoms. The van der Waals surface area contributed by atoms with E-state index in [9.17, 15) is 9.90 Å². The van der Waals surface area contributed by atoms with Crippen molar-refractivity contribution < 1.29 is 14.6 Å². The standard InChI is InChI=1S/C8H11N2O3/c1-8(2,3)13-7(12)5-4-9-10-6(5)11/h4H,1-3H3,(H,9,10). The monoisotopic (exact) mass is 183 g/mol. The number of aromatic nitrogens is 2. The number of hydrogen-bond acceptors (Lipinski definition) is 3. The zero-order chi connectivity index (χ0) is 10.1. The van der Waals surface area contributed by atoms with Gasteiger partial charge in [-0.15, -0.1) is 5.10 Å². The molecule has 0 saturated carbocycles. The van der Waals surface area contributed by atoms with Crippen LogP contribution >= 0.6 is 0 Å². The molecule has 0 fully saturated rings. The Morgan fingerprint density at radius 1 is 1.54 bits per heavy atom. The lowest BCUT2D eigenvalue weighted by atomic mass is 10.2. The predicted octanol–water partition coefficient (Wildman–Crippen LogP) is 1.51. The molecule has 0 aliphatic heterocycles. The zero-order valence-corrected chi connectivity index (χ0v) is 7.75. The number of H-pyrrole nitrogens is 1. The van der Waals surface area contributed by atoms with Crippen molar-refractivity contribution in [3.8, 4) is 5.88 Å². The van der Waals surface area contributed by atoms with Crippen molar-refractivity contribution in [2.45, 2.75) is 26.4 Å². The highest BCUT2D eigenvalue weighted by molar-refractivity contribution is 5.91. The van der Waals surface area contributed by atoms with Gasteiger partial charge in [-0.2, -0.15) is 0 Å². The fourth-order valence-electron chi connectivity index (χ4n) is 0.757. The zero-order valence-electron chi connectivity index (χ0n) is 7.75. The Hall–Kier alpha value is -1.52. The van der Waals surface area contributed by atoms with Gasteiger partial charge in [0, 0.05) is 6.20 Å². The average Bonchev–Trinajstić information content (AvgIpc) is 2.30. The maximum atomic E-state index is 11.3. The highest BCUT2D eigenvalue weighted by atomic mass is 16.6. The number of rotatable bonds is 1. The van der Waals surface area contributed by atoms with Crippen LogP contribution in [0.25, 0.3) is 0 Å². The molecule has 0 unspecified atom stereocenters. The van der Waals surface area contributed by atoms with Crippen LogP contribution in [0.3, 0.4) is 0 Å². The van der Waals surface area contributed by atoms with Crippen LogP contribution in [0.4, 0.5) is 0 Å². The van der Waals surface area contributed by atoms with Crippen LogP contribution in [0.1, 0.15) is 31.1 Å². The second-order valence-electron chi connectivity index (χ2n) is 3.61. The van der Waals surface area contributed by atoms with Crippen LogP contribution < -0.4 is 0 Å². The molecule has 0 amide bonds. The van der Waals surface area contributed by atoms with Crippen LogP contribution in [0, 0.1) is 0 Å². The van der Waals surface area contributed by atoms with Gasteiger partial charge >= 0.3 is 11.8 Å². The van der Waals surface area contributed by atoms with E-state index >= 15 is 0 Å². The number of ether oxygens (including phenoxy) is 1. The van der Waals surface area contributed by atoms with Gasteiger partial charge in [0.1, 0.15) is 11.2 Å². The molecule has 0 spiro atoms. The largest absolute Gasteiger partial charge is 0.456 e. The summed E-state index contributed by atoms with van der Waals surface area (Å²) in [6.07, 6.45) is 1.23. The molecular weight excluding hydrogens is 172 g/mol. The maximum absolute atomic E-state index is 11.3. The third-order valence-electron chi connectivity index (χ3n) is 1.22. The van der Waals surface area contributed by atoms with Crippen molar-refractivity contribution in [1.82, 2.24) is 10.2 Å². The summed E-state index contributed by atoms with van der Waals surface area (Å²) in [5, 5.41) is 16.5. The fraction of sp³-hybridized carbons (Fsp3) is 0.500. The molecule has 1 heterocycles. The van der Waals surface area contributed by atoms with Gasteiger partial charge in [-0.25, -0.2) is 4.79 Å². The number of aromatic amines is 1. The van der Waals surface area contributed by atoms with Gasteiger partial charge in [0.05, 0.1) is 0 Å². The third kappa shape index (κ3) is 2.47. The summed E-state index contributed by atoms with van der Waals surface area (Å²) in [4.78, 5) is 11.3. The molecule has 1 rings (SSSR count). The van der Waals surface area contributed by atoms with E-state index < -0.39 is 17.5 Å². The SMILES string of the molecule is CC(C)(C)OC(=O)c1c[nH]nc1[O]. The molecule has 1 aromatic heterocycles. The maximum Gasteiger partial charge on any atom is 0.346 e. The van der Waals surface area contributed by atoms with Gasteiger partial charge in [0.2, 0.25) is 0 Å². The Bertz CT molecular complexity index is 311. The fourth-order valence-corrected chi connectivity index (χ4v) is 0.757. The first-order chi connectivity index (χ1) is 5.90. The third-order valence-corrected chi connectivity index (χ3v) is 1.22. The molecule has 1 radical (unpaired) electrons. The van der Waals surface area contributed by atoms with Crippen molar-refractivity contribution in [2.24, 2.45) is 0 Å². The van der Waals surface area contributed by atoms with E-state index in [0.29, 0.717) is 0 Å². The minimum atomic E-state index is -0.647. The molecule has 0 saturated heterocycles. The van der Waals surface area contributed by atoms with E-state index in [1.165, 1.54) is 6.20 Å². The first kappa shape index (κ1) is 9.57. The summed E-state index contributed by atoms with van der Waals surface area (Å²) in [5.74, 6) is -1.24. The smallest absolute Gasteiger partial charge is 0.346 e. The molecule has 0 aliphatic rings. The van der Waals surface area contributed by atoms with Gasteiger partial charge in [-0.3, -0.25) is 10.2 Å². The lowest BCUT2D eigenvalue weighted by Gasteiger charge is -2.18. The predicted molar refractivity (Wildman–Crippen MR) is 43.9 cm³/mol. The minimum absolute atomic E-state index is 0.0603. The Kier molecular flexibility index (Phi) is 2.27. The van der Waals surface area contributed by atoms with E-state index in [1.54, 1.807) is 20.8 Å². The average molecular weight is 183 g/mol. The van der Waals surface area contributed by atoms with Crippen LogP contribution in [-0.2, 0) is 9.84 Å². The number of nitrogens with one attached hydrogen (secondary N) is 1. The lowest BCUT2D eigenvalue weighted by molar-refractivity contribution is 0.00654. The van der Waals surface area contributed by atoms with E-state index in [-0.39, 0.29) is 5.56 Å². The molecule has 1 N–H and O–H groups in total. The highest BCUT2D eigenvalue weighted by Gasteiger charge is 2.22. The molecule has 0 aliphatic carbocycles. The number of carbonyl (C=O) groups excluding carboxylic acids is 1. The van der Waals surface area contributed by atoms with Gasteiger partial charge < -0.3 is 4.74 Å². The van der Waals surface area contributed by atoms with E-state index in [4.69, 9.17) is 4.74 Å². The Morgan fingerprint density at radius 2 is 2.15 bits per heavy atom. The normalized spacial score (nSPS) is 11.3. The van der Waals surface area contributed by atoms with Crippen LogP contribution in [0.15, 0.2) is 6.20 Å². The summed E-state index contributed by atoms with van der Waals surface area (Å²) in [5.41, 5.74) is -0.657. The molecular formula is C8H11N2O3. The summed E-state index contributed by atoms with van der Waals surface area (Å²) < 4.78 is 4.96. The number of hydrogen-bond donors (Lipinski definition) is 1. The Labute approximate surface area is 75.7 Å². The number of carbonyl (C=O) groups is 1. The molecule has 0 aromatic carbocycles. The molecule has 5 heteroatoms. The van der Waals surface area contributed by atoms with Crippen molar-refractivity contribution >= 4 is 5.97 Å². The first-order valence-corrected chi connectivity index (χ1v) is 3.84. The van der Waals surface area contributed by atoms with E-state index in [1.807, 2.05) is 0 Å². The van der Waals surface area contributed by atoms with Crippen molar-refractivity contribution in [3.05, 3.63) is 11.8 Å². The quantitative estimate of drug-likeness (QED) is 0.670. The van der Waals surface area contributed by atoms with Crippen LogP contribution in [0.2, 0.25) is 0 Å². The summed E-state index contributed by atoms with van der Waals surface area (Å²) in [7, 11) is 0.